The summed E-state index contributed by atoms with van der Waals surface area (Å²) in [5.41, 5.74) is 1.31. The SMILES string of the molecule is C=CCC(NC)C(=O)OCOC(=O)C(CC=C)NC(=O)CC(=O)NC(Cc1ccccc1)C(=O)OCOC(=O)C(Cc1ccccc1)NC(=O)CC(C)=O. The number of esters is 4. The standard InChI is InChI=1S/C38H46N4O12/c1-5-13-28(39-4)35(47)51-23-52-36(48)29(14-6-2)40-33(45)22-34(46)42-31(21-27-17-11-8-12-18-27)38(50)54-24-53-37(49)30(41-32(44)19-25(3)43)20-26-15-9-7-10-16-26/h5-12,15-18,28-31,39H,1-2,13-14,19-24H2,3-4H3,(H,40,45)(H,41,44)(H,42,46). The van der Waals surface area contributed by atoms with Crippen molar-refractivity contribution >= 4 is 47.4 Å². The minimum atomic E-state index is -1.34. The van der Waals surface area contributed by atoms with Gasteiger partial charge in [0.05, 0.1) is 6.42 Å². The Balaban J connectivity index is 2.02. The van der Waals surface area contributed by atoms with Crippen LogP contribution < -0.4 is 21.3 Å². The third-order valence-corrected chi connectivity index (χ3v) is 7.40. The third kappa shape index (κ3) is 16.9. The van der Waals surface area contributed by atoms with Crippen LogP contribution in [0.2, 0.25) is 0 Å². The van der Waals surface area contributed by atoms with Gasteiger partial charge in [0.25, 0.3) is 0 Å². The number of ether oxygens (including phenoxy) is 4. The molecule has 0 bridgehead atoms. The van der Waals surface area contributed by atoms with E-state index in [0.717, 1.165) is 0 Å². The molecule has 0 aliphatic carbocycles. The fourth-order valence-electron chi connectivity index (χ4n) is 4.77. The van der Waals surface area contributed by atoms with Crippen LogP contribution in [0, 0.1) is 0 Å². The summed E-state index contributed by atoms with van der Waals surface area (Å²) >= 11 is 0. The van der Waals surface area contributed by atoms with Crippen molar-refractivity contribution in [3.63, 3.8) is 0 Å². The van der Waals surface area contributed by atoms with E-state index in [1.807, 2.05) is 0 Å². The Morgan fingerprint density at radius 1 is 0.556 bits per heavy atom. The number of benzene rings is 2. The zero-order chi connectivity index (χ0) is 39.9. The number of rotatable bonds is 24. The van der Waals surface area contributed by atoms with Gasteiger partial charge in [-0.15, -0.1) is 13.2 Å². The van der Waals surface area contributed by atoms with Gasteiger partial charge in [0.15, 0.2) is 0 Å². The molecule has 16 nitrogen and oxygen atoms in total. The van der Waals surface area contributed by atoms with Crippen molar-refractivity contribution in [2.45, 2.75) is 69.6 Å². The normalized spacial score (nSPS) is 12.6. The van der Waals surface area contributed by atoms with Crippen molar-refractivity contribution in [1.29, 1.82) is 0 Å². The molecular formula is C38H46N4O12. The van der Waals surface area contributed by atoms with Gasteiger partial charge in [-0.3, -0.25) is 24.0 Å². The van der Waals surface area contributed by atoms with E-state index >= 15 is 0 Å². The lowest BCUT2D eigenvalue weighted by Crippen LogP contribution is -2.47. The van der Waals surface area contributed by atoms with Crippen molar-refractivity contribution in [2.75, 3.05) is 20.6 Å². The molecule has 3 amide bonds. The number of amides is 3. The highest BCUT2D eigenvalue weighted by atomic mass is 16.7. The van der Waals surface area contributed by atoms with Crippen molar-refractivity contribution in [3.8, 4) is 0 Å². The van der Waals surface area contributed by atoms with E-state index in [4.69, 9.17) is 18.9 Å². The van der Waals surface area contributed by atoms with Crippen LogP contribution >= 0.6 is 0 Å². The molecule has 2 rings (SSSR count). The zero-order valence-corrected chi connectivity index (χ0v) is 30.2. The lowest BCUT2D eigenvalue weighted by atomic mass is 10.1. The Hall–Kier alpha value is -6.16. The van der Waals surface area contributed by atoms with Crippen LogP contribution in [0.5, 0.6) is 0 Å². The average molecular weight is 751 g/mol. The van der Waals surface area contributed by atoms with E-state index in [2.05, 4.69) is 34.4 Å². The number of hydrogen-bond donors (Lipinski definition) is 4. The summed E-state index contributed by atoms with van der Waals surface area (Å²) in [4.78, 5) is 100. The second kappa shape index (κ2) is 24.2. The summed E-state index contributed by atoms with van der Waals surface area (Å²) < 4.78 is 20.2. The van der Waals surface area contributed by atoms with Gasteiger partial charge in [-0.25, -0.2) is 14.4 Å². The van der Waals surface area contributed by atoms with Crippen LogP contribution in [0.15, 0.2) is 86.0 Å². The number of carbonyl (C=O) groups is 8. The van der Waals surface area contributed by atoms with Gasteiger partial charge in [-0.1, -0.05) is 72.8 Å². The van der Waals surface area contributed by atoms with Gasteiger partial charge >= 0.3 is 23.9 Å². The van der Waals surface area contributed by atoms with E-state index in [1.54, 1.807) is 67.7 Å². The van der Waals surface area contributed by atoms with Gasteiger partial charge in [0.2, 0.25) is 31.3 Å². The molecule has 4 unspecified atom stereocenters. The number of hydrogen-bond acceptors (Lipinski definition) is 13. The molecule has 0 fully saturated rings. The Morgan fingerprint density at radius 2 is 0.907 bits per heavy atom. The molecule has 0 aliphatic heterocycles. The lowest BCUT2D eigenvalue weighted by Gasteiger charge is -2.20. The molecule has 2 aromatic rings. The van der Waals surface area contributed by atoms with Crippen molar-refractivity contribution in [2.24, 2.45) is 0 Å². The highest BCUT2D eigenvalue weighted by Crippen LogP contribution is 2.09. The Morgan fingerprint density at radius 3 is 1.30 bits per heavy atom. The van der Waals surface area contributed by atoms with E-state index < -0.39 is 98.0 Å². The molecule has 0 spiro atoms. The summed E-state index contributed by atoms with van der Waals surface area (Å²) in [6.07, 6.45) is 1.75. The number of carbonyl (C=O) groups excluding carboxylic acids is 8. The van der Waals surface area contributed by atoms with Crippen LogP contribution in [0.1, 0.15) is 43.7 Å². The summed E-state index contributed by atoms with van der Waals surface area (Å²) in [5.74, 6) is -6.48. The second-order valence-corrected chi connectivity index (χ2v) is 11.8. The van der Waals surface area contributed by atoms with Gasteiger partial charge in [-0.05, 0) is 37.9 Å². The summed E-state index contributed by atoms with van der Waals surface area (Å²) in [6, 6.07) is 12.7. The zero-order valence-electron chi connectivity index (χ0n) is 30.2. The number of ketones is 1. The maximum atomic E-state index is 13.2. The average Bonchev–Trinajstić information content (AvgIpc) is 3.13. The largest absolute Gasteiger partial charge is 0.427 e. The molecule has 4 atom stereocenters. The smallest absolute Gasteiger partial charge is 0.331 e. The first-order valence-electron chi connectivity index (χ1n) is 16.9. The minimum Gasteiger partial charge on any atom is -0.427 e. The van der Waals surface area contributed by atoms with E-state index in [-0.39, 0.29) is 25.7 Å². The van der Waals surface area contributed by atoms with Crippen LogP contribution in [0.25, 0.3) is 0 Å². The number of likely N-dealkylation sites (N-methyl/N-ethyl adjacent to an activating group) is 1. The van der Waals surface area contributed by atoms with Crippen LogP contribution in [-0.4, -0.2) is 92.2 Å². The van der Waals surface area contributed by atoms with Crippen LogP contribution in [0.3, 0.4) is 0 Å². The Kier molecular flexibility index (Phi) is 19.7. The third-order valence-electron chi connectivity index (χ3n) is 7.40. The maximum absolute atomic E-state index is 13.2. The fourth-order valence-corrected chi connectivity index (χ4v) is 4.77. The first kappa shape index (κ1) is 44.0. The van der Waals surface area contributed by atoms with Crippen molar-refractivity contribution in [3.05, 3.63) is 97.1 Å². The Labute approximate surface area is 313 Å². The van der Waals surface area contributed by atoms with E-state index in [1.165, 1.54) is 19.1 Å². The molecular weight excluding hydrogens is 704 g/mol. The van der Waals surface area contributed by atoms with Gasteiger partial charge in [0, 0.05) is 12.8 Å². The fraction of sp³-hybridized carbons (Fsp3) is 0.368. The maximum Gasteiger partial charge on any atom is 0.331 e. The molecule has 0 aliphatic rings. The molecule has 0 radical (unpaired) electrons. The topological polar surface area (TPSA) is 222 Å². The molecule has 54 heavy (non-hydrogen) atoms. The first-order chi connectivity index (χ1) is 25.9. The highest BCUT2D eigenvalue weighted by molar-refractivity contribution is 6.00. The first-order valence-corrected chi connectivity index (χ1v) is 16.9. The van der Waals surface area contributed by atoms with Gasteiger partial charge < -0.3 is 40.2 Å². The number of nitrogens with one attached hydrogen (secondary N) is 4. The quantitative estimate of drug-likeness (QED) is 0.0512. The molecule has 290 valence electrons. The lowest BCUT2D eigenvalue weighted by molar-refractivity contribution is -0.172. The predicted octanol–water partition coefficient (Wildman–Crippen LogP) is 1.12. The molecule has 2 aromatic carbocycles. The predicted molar refractivity (Wildman–Crippen MR) is 193 cm³/mol. The van der Waals surface area contributed by atoms with Crippen molar-refractivity contribution in [1.82, 2.24) is 21.3 Å². The molecule has 0 heterocycles. The molecule has 4 N–H and O–H groups in total. The Bertz CT molecular complexity index is 1620. The van der Waals surface area contributed by atoms with E-state index in [0.29, 0.717) is 11.1 Å². The monoisotopic (exact) mass is 750 g/mol. The molecule has 0 saturated heterocycles. The highest BCUT2D eigenvalue weighted by Gasteiger charge is 2.28. The summed E-state index contributed by atoms with van der Waals surface area (Å²) in [6.45, 7) is 6.72. The summed E-state index contributed by atoms with van der Waals surface area (Å²) in [7, 11) is 1.55. The van der Waals surface area contributed by atoms with E-state index in [9.17, 15) is 38.4 Å². The van der Waals surface area contributed by atoms with Gasteiger partial charge in [-0.2, -0.15) is 0 Å². The molecule has 16 heteroatoms. The van der Waals surface area contributed by atoms with Crippen molar-refractivity contribution < 1.29 is 57.3 Å². The molecule has 0 saturated carbocycles. The van der Waals surface area contributed by atoms with Crippen LogP contribution in [0.4, 0.5) is 0 Å². The molecule has 0 aromatic heterocycles. The van der Waals surface area contributed by atoms with Gasteiger partial charge in [0.1, 0.15) is 36.4 Å². The summed E-state index contributed by atoms with van der Waals surface area (Å²) in [5, 5.41) is 9.98. The van der Waals surface area contributed by atoms with Crippen LogP contribution in [-0.2, 0) is 70.1 Å². The second-order valence-electron chi connectivity index (χ2n) is 11.8. The number of Topliss-reactive ketones (excluding diaryl/α,β-unsaturated/α-hetero) is 1. The minimum absolute atomic E-state index is 0.0258.